The van der Waals surface area contributed by atoms with Gasteiger partial charge in [0, 0.05) is 12.7 Å². The van der Waals surface area contributed by atoms with Crippen LogP contribution in [0.3, 0.4) is 0 Å². The van der Waals surface area contributed by atoms with Gasteiger partial charge in [0.05, 0.1) is 26.5 Å². The number of morpholine rings is 1. The van der Waals surface area contributed by atoms with E-state index < -0.39 is 31.3 Å². The van der Waals surface area contributed by atoms with Crippen LogP contribution in [-0.2, 0) is 4.74 Å². The zero-order valence-corrected chi connectivity index (χ0v) is 11.6. The summed E-state index contributed by atoms with van der Waals surface area (Å²) < 4.78 is 46.5. The Bertz CT molecular complexity index is 479. The van der Waals surface area contributed by atoms with Crippen molar-refractivity contribution in [3.8, 4) is 0 Å². The van der Waals surface area contributed by atoms with Gasteiger partial charge in [-0.2, -0.15) is 8.78 Å². The summed E-state index contributed by atoms with van der Waals surface area (Å²) in [5.41, 5.74) is 0. The first-order valence-electron chi connectivity index (χ1n) is 6.38. The maximum absolute atomic E-state index is 13.0. The molecular weight excluding hydrogens is 299 g/mol. The van der Waals surface area contributed by atoms with Crippen molar-refractivity contribution < 1.29 is 16.3 Å². The number of rotatable bonds is 3. The molecule has 0 amide bonds. The van der Waals surface area contributed by atoms with E-state index in [1.807, 2.05) is 0 Å². The molecule has 108 valence electrons. The van der Waals surface area contributed by atoms with E-state index in [0.717, 1.165) is 0 Å². The number of nitrogens with zero attached hydrogens (tertiary/aromatic N) is 1. The molecule has 2 rings (SSSR count). The van der Waals surface area contributed by atoms with Gasteiger partial charge >= 0.3 is 6.11 Å². The number of pyridine rings is 1. The summed E-state index contributed by atoms with van der Waals surface area (Å²) in [7, 11) is 0. The molecule has 1 aliphatic rings. The van der Waals surface area contributed by atoms with E-state index in [1.165, 1.54) is 19.2 Å². The van der Waals surface area contributed by atoms with Crippen LogP contribution >= 0.6 is 24.0 Å². The summed E-state index contributed by atoms with van der Waals surface area (Å²) in [6.07, 6.45) is -2.93. The summed E-state index contributed by atoms with van der Waals surface area (Å²) >= 11 is 5.69. The highest BCUT2D eigenvalue weighted by Gasteiger charge is 2.40. The second-order valence-electron chi connectivity index (χ2n) is 3.95. The van der Waals surface area contributed by atoms with E-state index in [9.17, 15) is 8.78 Å². The summed E-state index contributed by atoms with van der Waals surface area (Å²) in [5.74, 6) is 0.255. The Balaban J connectivity index is 0.00000220. The Kier molecular flexibility index (Phi) is 4.66. The Hall–Kier alpha value is -0.690. The van der Waals surface area contributed by atoms with Crippen molar-refractivity contribution in [1.29, 1.82) is 0 Å². The molecule has 8 heteroatoms. The number of hydrogen-bond acceptors (Lipinski definition) is 4. The second kappa shape index (κ2) is 6.65. The number of halogens is 4. The lowest BCUT2D eigenvalue weighted by atomic mass is 10.1. The van der Waals surface area contributed by atoms with Crippen LogP contribution in [0.25, 0.3) is 0 Å². The topological polar surface area (TPSA) is 46.2 Å². The van der Waals surface area contributed by atoms with E-state index in [1.54, 1.807) is 6.07 Å². The van der Waals surface area contributed by atoms with Crippen LogP contribution in [0.2, 0.25) is 5.02 Å². The van der Waals surface area contributed by atoms with Gasteiger partial charge in [-0.25, -0.2) is 4.98 Å². The summed E-state index contributed by atoms with van der Waals surface area (Å²) in [6.45, 7) is -1.37. The van der Waals surface area contributed by atoms with Crippen molar-refractivity contribution in [1.82, 2.24) is 10.3 Å². The maximum Gasteiger partial charge on any atom is 0.368 e. The van der Waals surface area contributed by atoms with E-state index in [-0.39, 0.29) is 18.2 Å². The lowest BCUT2D eigenvalue weighted by molar-refractivity contribution is -0.278. The highest BCUT2D eigenvalue weighted by atomic mass is 35.5. The summed E-state index contributed by atoms with van der Waals surface area (Å²) in [4.78, 5) is 3.91. The minimum Gasteiger partial charge on any atom is -0.368 e. The molecule has 0 radical (unpaired) electrons. The molecule has 19 heavy (non-hydrogen) atoms. The number of anilines is 1. The van der Waals surface area contributed by atoms with E-state index in [4.69, 9.17) is 14.3 Å². The molecule has 1 fully saturated rings. The highest BCUT2D eigenvalue weighted by Crippen LogP contribution is 2.22. The van der Waals surface area contributed by atoms with Crippen molar-refractivity contribution in [3.63, 3.8) is 0 Å². The average Bonchev–Trinajstić information content (AvgIpc) is 2.30. The fourth-order valence-corrected chi connectivity index (χ4v) is 1.66. The molecule has 4 nitrogen and oxygen atoms in total. The van der Waals surface area contributed by atoms with Gasteiger partial charge in [-0.15, -0.1) is 12.4 Å². The van der Waals surface area contributed by atoms with Crippen molar-refractivity contribution in [2.75, 3.05) is 18.4 Å². The lowest BCUT2D eigenvalue weighted by Crippen LogP contribution is -2.57. The fraction of sp³-hybridized carbons (Fsp3) is 0.545. The molecule has 2 atom stereocenters. The molecule has 2 heterocycles. The molecule has 1 aromatic rings. The van der Waals surface area contributed by atoms with E-state index >= 15 is 0 Å². The number of hydrogen-bond donors (Lipinski definition) is 2. The maximum atomic E-state index is 13.0. The second-order valence-corrected chi connectivity index (χ2v) is 4.39. The molecule has 2 N–H and O–H groups in total. The number of ether oxygens (including phenoxy) is 1. The molecule has 1 saturated heterocycles. The molecule has 0 aliphatic carbocycles. The highest BCUT2D eigenvalue weighted by molar-refractivity contribution is 6.30. The standard InChI is InChI=1S/C11H14ClF2N3O.ClH/c1-7-9(17-6-11(13,14)18-7)5-16-10-3-2-8(12)4-15-10;/h2-4,7,9,17H,5-6H2,1H3,(H,15,16);1H/t7-,9+;/m0./s1/i5D2;. The predicted octanol–water partition coefficient (Wildman–Crippen LogP) is 2.54. The number of nitrogens with one attached hydrogen (secondary N) is 2. The monoisotopic (exact) mass is 315 g/mol. The fourth-order valence-electron chi connectivity index (χ4n) is 1.55. The SMILES string of the molecule is Cl.[2H]C([2H])(Nc1ccc(Cl)cn1)[C@H]1NCC(F)(F)O[C@H]1C. The van der Waals surface area contributed by atoms with E-state index in [2.05, 4.69) is 20.4 Å². The van der Waals surface area contributed by atoms with Crippen LogP contribution in [0.15, 0.2) is 18.3 Å². The van der Waals surface area contributed by atoms with Crippen molar-refractivity contribution >= 4 is 29.8 Å². The molecule has 0 aromatic carbocycles. The lowest BCUT2D eigenvalue weighted by Gasteiger charge is -2.35. The zero-order valence-electron chi connectivity index (χ0n) is 12.0. The summed E-state index contributed by atoms with van der Waals surface area (Å²) in [5, 5.41) is 5.43. The quantitative estimate of drug-likeness (QED) is 0.900. The zero-order chi connectivity index (χ0) is 15.0. The smallest absolute Gasteiger partial charge is 0.368 e. The normalized spacial score (nSPS) is 27.8. The molecule has 0 unspecified atom stereocenters. The van der Waals surface area contributed by atoms with Gasteiger partial charge in [-0.3, -0.25) is 0 Å². The van der Waals surface area contributed by atoms with Crippen LogP contribution in [0, 0.1) is 0 Å². The predicted molar refractivity (Wildman–Crippen MR) is 72.3 cm³/mol. The van der Waals surface area contributed by atoms with Gasteiger partial charge in [0.25, 0.3) is 0 Å². The van der Waals surface area contributed by atoms with Crippen LogP contribution in [0.4, 0.5) is 14.6 Å². The Morgan fingerprint density at radius 3 is 3.00 bits per heavy atom. The van der Waals surface area contributed by atoms with Gasteiger partial charge < -0.3 is 15.4 Å². The molecular formula is C11H15Cl2F2N3O. The first-order chi connectivity index (χ1) is 9.20. The minimum atomic E-state index is -3.29. The molecule has 1 aromatic heterocycles. The number of alkyl halides is 2. The van der Waals surface area contributed by atoms with Crippen LogP contribution in [0.1, 0.15) is 9.67 Å². The Labute approximate surface area is 124 Å². The third kappa shape index (κ3) is 4.72. The van der Waals surface area contributed by atoms with Crippen molar-refractivity contribution in [2.45, 2.75) is 25.2 Å². The van der Waals surface area contributed by atoms with Gasteiger partial charge in [0.15, 0.2) is 0 Å². The van der Waals surface area contributed by atoms with Crippen LogP contribution in [-0.4, -0.2) is 36.3 Å². The van der Waals surface area contributed by atoms with Gasteiger partial charge in [0.2, 0.25) is 0 Å². The molecule has 0 spiro atoms. The van der Waals surface area contributed by atoms with Crippen molar-refractivity contribution in [2.24, 2.45) is 0 Å². The van der Waals surface area contributed by atoms with E-state index in [0.29, 0.717) is 5.02 Å². The third-order valence-electron chi connectivity index (χ3n) is 2.44. The Morgan fingerprint density at radius 2 is 2.42 bits per heavy atom. The van der Waals surface area contributed by atoms with Crippen LogP contribution in [0.5, 0.6) is 0 Å². The van der Waals surface area contributed by atoms with Gasteiger partial charge in [-0.1, -0.05) is 11.6 Å². The molecule has 0 saturated carbocycles. The first-order valence-corrected chi connectivity index (χ1v) is 5.76. The third-order valence-corrected chi connectivity index (χ3v) is 2.66. The largest absolute Gasteiger partial charge is 0.368 e. The number of aromatic nitrogens is 1. The summed E-state index contributed by atoms with van der Waals surface area (Å²) in [6, 6.07) is 2.11. The van der Waals surface area contributed by atoms with Crippen molar-refractivity contribution in [3.05, 3.63) is 23.4 Å². The van der Waals surface area contributed by atoms with Gasteiger partial charge in [0.1, 0.15) is 5.82 Å². The van der Waals surface area contributed by atoms with Crippen LogP contribution < -0.4 is 10.6 Å². The average molecular weight is 316 g/mol. The molecule has 0 bridgehead atoms. The minimum absolute atomic E-state index is 0. The Morgan fingerprint density at radius 1 is 1.68 bits per heavy atom. The first kappa shape index (κ1) is 13.3. The van der Waals surface area contributed by atoms with Gasteiger partial charge in [-0.05, 0) is 19.1 Å². The molecule has 1 aliphatic heterocycles.